The number of rotatable bonds is 3. The van der Waals surface area contributed by atoms with E-state index in [4.69, 9.17) is 9.47 Å². The second kappa shape index (κ2) is 4.84. The van der Waals surface area contributed by atoms with Gasteiger partial charge in [-0.1, -0.05) is 13.8 Å². The van der Waals surface area contributed by atoms with Gasteiger partial charge in [-0.15, -0.1) is 0 Å². The second-order valence-electron chi connectivity index (χ2n) is 3.48. The smallest absolute Gasteiger partial charge is 0.179 e. The van der Waals surface area contributed by atoms with Crippen LogP contribution in [0.5, 0.6) is 11.5 Å². The van der Waals surface area contributed by atoms with Crippen molar-refractivity contribution >= 4 is 15.9 Å². The van der Waals surface area contributed by atoms with Crippen molar-refractivity contribution in [1.29, 1.82) is 0 Å². The molecule has 15 heavy (non-hydrogen) atoms. The van der Waals surface area contributed by atoms with Gasteiger partial charge in [0.05, 0.1) is 18.7 Å². The molecule has 0 fully saturated rings. The van der Waals surface area contributed by atoms with Crippen molar-refractivity contribution in [2.75, 3.05) is 14.2 Å². The summed E-state index contributed by atoms with van der Waals surface area (Å²) in [5.41, 5.74) is 0.751. The first kappa shape index (κ1) is 12.3. The van der Waals surface area contributed by atoms with Gasteiger partial charge < -0.3 is 9.47 Å². The van der Waals surface area contributed by atoms with Crippen molar-refractivity contribution in [2.45, 2.75) is 19.8 Å². The first-order valence-electron chi connectivity index (χ1n) is 4.62. The van der Waals surface area contributed by atoms with E-state index in [9.17, 15) is 4.39 Å². The number of ether oxygens (including phenoxy) is 2. The minimum absolute atomic E-state index is 0.137. The third kappa shape index (κ3) is 2.25. The fraction of sp³-hybridized carbons (Fsp3) is 0.455. The zero-order valence-corrected chi connectivity index (χ0v) is 10.8. The summed E-state index contributed by atoms with van der Waals surface area (Å²) < 4.78 is 24.3. The standard InChI is InChI=1S/C11H14BrFO2/c1-6(2)9-8(14-3)5-7(12)10(13)11(9)15-4/h5-6H,1-4H3. The molecule has 4 heteroatoms. The Balaban J connectivity index is 3.49. The van der Waals surface area contributed by atoms with E-state index >= 15 is 0 Å². The van der Waals surface area contributed by atoms with Gasteiger partial charge in [0, 0.05) is 5.56 Å². The van der Waals surface area contributed by atoms with Crippen LogP contribution in [0.2, 0.25) is 0 Å². The zero-order valence-electron chi connectivity index (χ0n) is 9.23. The summed E-state index contributed by atoms with van der Waals surface area (Å²) in [6, 6.07) is 1.62. The van der Waals surface area contributed by atoms with Crippen molar-refractivity contribution in [3.05, 3.63) is 21.9 Å². The molecule has 0 aromatic heterocycles. The summed E-state index contributed by atoms with van der Waals surface area (Å²) in [4.78, 5) is 0. The van der Waals surface area contributed by atoms with E-state index in [0.717, 1.165) is 5.56 Å². The van der Waals surface area contributed by atoms with Crippen LogP contribution in [0.1, 0.15) is 25.3 Å². The van der Waals surface area contributed by atoms with Crippen molar-refractivity contribution < 1.29 is 13.9 Å². The molecule has 1 rings (SSSR count). The topological polar surface area (TPSA) is 18.5 Å². The highest BCUT2D eigenvalue weighted by atomic mass is 79.9. The second-order valence-corrected chi connectivity index (χ2v) is 4.33. The molecule has 0 radical (unpaired) electrons. The van der Waals surface area contributed by atoms with Gasteiger partial charge in [0.25, 0.3) is 0 Å². The molecule has 0 spiro atoms. The summed E-state index contributed by atoms with van der Waals surface area (Å²) in [7, 11) is 3.02. The van der Waals surface area contributed by atoms with Crippen LogP contribution in [-0.4, -0.2) is 14.2 Å². The highest BCUT2D eigenvalue weighted by molar-refractivity contribution is 9.10. The minimum Gasteiger partial charge on any atom is -0.496 e. The van der Waals surface area contributed by atoms with E-state index in [2.05, 4.69) is 15.9 Å². The number of methoxy groups -OCH3 is 2. The molecule has 0 N–H and O–H groups in total. The summed E-state index contributed by atoms with van der Waals surface area (Å²) in [5, 5.41) is 0. The lowest BCUT2D eigenvalue weighted by molar-refractivity contribution is 0.361. The molecule has 0 atom stereocenters. The number of benzene rings is 1. The van der Waals surface area contributed by atoms with Crippen LogP contribution >= 0.6 is 15.9 Å². The molecule has 0 aliphatic heterocycles. The van der Waals surface area contributed by atoms with Gasteiger partial charge in [-0.2, -0.15) is 0 Å². The highest BCUT2D eigenvalue weighted by Crippen LogP contribution is 2.40. The van der Waals surface area contributed by atoms with E-state index in [1.54, 1.807) is 13.2 Å². The van der Waals surface area contributed by atoms with Crippen LogP contribution < -0.4 is 9.47 Å². The summed E-state index contributed by atoms with van der Waals surface area (Å²) in [6.07, 6.45) is 0. The fourth-order valence-electron chi connectivity index (χ4n) is 1.51. The maximum atomic E-state index is 13.7. The van der Waals surface area contributed by atoms with Crippen LogP contribution in [0.25, 0.3) is 0 Å². The largest absolute Gasteiger partial charge is 0.496 e. The van der Waals surface area contributed by atoms with Crippen molar-refractivity contribution in [1.82, 2.24) is 0 Å². The van der Waals surface area contributed by atoms with Crippen LogP contribution in [0.4, 0.5) is 4.39 Å². The van der Waals surface area contributed by atoms with Crippen molar-refractivity contribution in [2.24, 2.45) is 0 Å². The van der Waals surface area contributed by atoms with Gasteiger partial charge in [0.2, 0.25) is 0 Å². The maximum Gasteiger partial charge on any atom is 0.179 e. The molecule has 84 valence electrons. The molecule has 2 nitrogen and oxygen atoms in total. The van der Waals surface area contributed by atoms with Gasteiger partial charge in [-0.3, -0.25) is 0 Å². The van der Waals surface area contributed by atoms with Gasteiger partial charge in [-0.05, 0) is 27.9 Å². The normalized spacial score (nSPS) is 10.6. The molecule has 1 aromatic rings. The Morgan fingerprint density at radius 2 is 1.87 bits per heavy atom. The fourth-order valence-corrected chi connectivity index (χ4v) is 1.90. The molecule has 0 unspecified atom stereocenters. The maximum absolute atomic E-state index is 13.7. The van der Waals surface area contributed by atoms with Crippen LogP contribution in [0, 0.1) is 5.82 Å². The lowest BCUT2D eigenvalue weighted by Crippen LogP contribution is -2.01. The first-order chi connectivity index (χ1) is 7.02. The minimum atomic E-state index is -0.387. The molecule has 0 bridgehead atoms. The molecule has 0 aliphatic carbocycles. The van der Waals surface area contributed by atoms with E-state index in [-0.39, 0.29) is 17.5 Å². The van der Waals surface area contributed by atoms with E-state index in [1.165, 1.54) is 7.11 Å². The Bertz CT molecular complexity index is 364. The Hall–Kier alpha value is -0.770. The first-order valence-corrected chi connectivity index (χ1v) is 5.42. The van der Waals surface area contributed by atoms with Gasteiger partial charge in [0.15, 0.2) is 11.6 Å². The molecule has 0 saturated carbocycles. The van der Waals surface area contributed by atoms with E-state index in [0.29, 0.717) is 10.2 Å². The third-order valence-corrected chi connectivity index (χ3v) is 2.76. The number of halogens is 2. The third-order valence-electron chi connectivity index (χ3n) is 2.18. The number of hydrogen-bond acceptors (Lipinski definition) is 2. The Kier molecular flexibility index (Phi) is 3.97. The van der Waals surface area contributed by atoms with Gasteiger partial charge >= 0.3 is 0 Å². The summed E-state index contributed by atoms with van der Waals surface area (Å²) >= 11 is 3.13. The molecule has 1 aromatic carbocycles. The molecular formula is C11H14BrFO2. The lowest BCUT2D eigenvalue weighted by atomic mass is 10.0. The van der Waals surface area contributed by atoms with E-state index in [1.807, 2.05) is 13.8 Å². The number of hydrogen-bond donors (Lipinski definition) is 0. The zero-order chi connectivity index (χ0) is 11.6. The Labute approximate surface area is 97.5 Å². The monoisotopic (exact) mass is 276 g/mol. The predicted molar refractivity (Wildman–Crippen MR) is 61.3 cm³/mol. The predicted octanol–water partition coefficient (Wildman–Crippen LogP) is 3.73. The summed E-state index contributed by atoms with van der Waals surface area (Å²) in [6.45, 7) is 3.93. The molecule has 0 heterocycles. The lowest BCUT2D eigenvalue weighted by Gasteiger charge is -2.17. The van der Waals surface area contributed by atoms with Gasteiger partial charge in [0.1, 0.15) is 5.75 Å². The Morgan fingerprint density at radius 3 is 2.27 bits per heavy atom. The van der Waals surface area contributed by atoms with Crippen molar-refractivity contribution in [3.8, 4) is 11.5 Å². The summed E-state index contributed by atoms with van der Waals surface area (Å²) in [5.74, 6) is 0.630. The molecular weight excluding hydrogens is 263 g/mol. The van der Waals surface area contributed by atoms with Crippen LogP contribution in [0.15, 0.2) is 10.5 Å². The quantitative estimate of drug-likeness (QED) is 0.838. The van der Waals surface area contributed by atoms with Crippen molar-refractivity contribution in [3.63, 3.8) is 0 Å². The SMILES string of the molecule is COc1cc(Br)c(F)c(OC)c1C(C)C. The Morgan fingerprint density at radius 1 is 1.27 bits per heavy atom. The molecule has 0 amide bonds. The average molecular weight is 277 g/mol. The highest BCUT2D eigenvalue weighted by Gasteiger charge is 2.20. The molecule has 0 saturated heterocycles. The molecule has 0 aliphatic rings. The van der Waals surface area contributed by atoms with E-state index < -0.39 is 0 Å². The van der Waals surface area contributed by atoms with Gasteiger partial charge in [-0.25, -0.2) is 4.39 Å². The van der Waals surface area contributed by atoms with Crippen LogP contribution in [-0.2, 0) is 0 Å². The average Bonchev–Trinajstić information content (AvgIpc) is 2.20. The van der Waals surface area contributed by atoms with Crippen LogP contribution in [0.3, 0.4) is 0 Å².